The van der Waals surface area contributed by atoms with Crippen molar-refractivity contribution in [2.75, 3.05) is 33.4 Å². The summed E-state index contributed by atoms with van der Waals surface area (Å²) in [5.74, 6) is 0.546. The van der Waals surface area contributed by atoms with Gasteiger partial charge in [-0.1, -0.05) is 12.8 Å². The largest absolute Gasteiger partial charge is 0.480 e. The molecule has 6 heteroatoms. The van der Waals surface area contributed by atoms with Crippen molar-refractivity contribution in [1.29, 1.82) is 0 Å². The lowest BCUT2D eigenvalue weighted by Gasteiger charge is -2.46. The molecule has 2 aliphatic rings. The van der Waals surface area contributed by atoms with E-state index in [0.29, 0.717) is 5.88 Å². The highest BCUT2D eigenvalue weighted by molar-refractivity contribution is 5.26. The second-order valence-corrected chi connectivity index (χ2v) is 5.84. The number of ether oxygens (including phenoxy) is 2. The number of hydrogen-bond acceptors (Lipinski definition) is 6. The van der Waals surface area contributed by atoms with E-state index in [2.05, 4.69) is 14.9 Å². The van der Waals surface area contributed by atoms with Crippen molar-refractivity contribution in [3.63, 3.8) is 0 Å². The van der Waals surface area contributed by atoms with E-state index in [1.165, 1.54) is 12.8 Å². The van der Waals surface area contributed by atoms with E-state index in [1.807, 2.05) is 0 Å². The highest BCUT2D eigenvalue weighted by Gasteiger charge is 2.46. The smallest absolute Gasteiger partial charge is 0.237 e. The highest BCUT2D eigenvalue weighted by atomic mass is 16.5. The van der Waals surface area contributed by atoms with Crippen molar-refractivity contribution in [3.8, 4) is 5.88 Å². The van der Waals surface area contributed by atoms with Gasteiger partial charge in [0.1, 0.15) is 5.69 Å². The maximum atomic E-state index is 6.68. The third kappa shape index (κ3) is 2.63. The topological polar surface area (TPSA) is 73.5 Å². The third-order valence-corrected chi connectivity index (χ3v) is 4.87. The molecule has 2 heterocycles. The molecule has 2 fully saturated rings. The molecule has 6 nitrogen and oxygen atoms in total. The first-order valence-electron chi connectivity index (χ1n) is 7.71. The number of nitrogens with zero attached hydrogens (tertiary/aromatic N) is 3. The molecule has 116 valence electrons. The standard InChI is InChI=1S/C15H24N4O2/c1-20-14-12(17-6-7-18-14)13(16)15(4-2-3-5-15)19-8-10-21-11-9-19/h6-7,13H,2-5,8-11,16H2,1H3. The minimum atomic E-state index is -0.179. The molecule has 1 aromatic rings. The normalized spacial score (nSPS) is 23.9. The van der Waals surface area contributed by atoms with E-state index in [-0.39, 0.29) is 11.6 Å². The summed E-state index contributed by atoms with van der Waals surface area (Å²) in [6, 6.07) is -0.179. The van der Waals surface area contributed by atoms with Gasteiger partial charge in [-0.05, 0) is 12.8 Å². The van der Waals surface area contributed by atoms with Crippen LogP contribution in [0.3, 0.4) is 0 Å². The van der Waals surface area contributed by atoms with Crippen LogP contribution in [0.15, 0.2) is 12.4 Å². The number of aromatic nitrogens is 2. The van der Waals surface area contributed by atoms with E-state index >= 15 is 0 Å². The Kier molecular flexibility index (Phi) is 4.37. The van der Waals surface area contributed by atoms with Crippen molar-refractivity contribution >= 4 is 0 Å². The van der Waals surface area contributed by atoms with Gasteiger partial charge in [0.15, 0.2) is 0 Å². The minimum Gasteiger partial charge on any atom is -0.480 e. The first-order valence-corrected chi connectivity index (χ1v) is 7.71. The summed E-state index contributed by atoms with van der Waals surface area (Å²) < 4.78 is 10.9. The summed E-state index contributed by atoms with van der Waals surface area (Å²) in [5.41, 5.74) is 7.41. The van der Waals surface area contributed by atoms with Gasteiger partial charge in [-0.25, -0.2) is 4.98 Å². The van der Waals surface area contributed by atoms with Gasteiger partial charge in [-0.15, -0.1) is 0 Å². The van der Waals surface area contributed by atoms with E-state index in [9.17, 15) is 0 Å². The monoisotopic (exact) mass is 292 g/mol. The SMILES string of the molecule is COc1nccnc1C(N)C1(N2CCOCC2)CCCC1. The molecule has 1 aromatic heterocycles. The van der Waals surface area contributed by atoms with Crippen LogP contribution in [-0.4, -0.2) is 53.8 Å². The molecule has 0 amide bonds. The third-order valence-electron chi connectivity index (χ3n) is 4.87. The molecule has 1 saturated carbocycles. The molecule has 0 spiro atoms. The molecule has 21 heavy (non-hydrogen) atoms. The van der Waals surface area contributed by atoms with E-state index < -0.39 is 0 Å². The van der Waals surface area contributed by atoms with Crippen LogP contribution in [0.2, 0.25) is 0 Å². The van der Waals surface area contributed by atoms with E-state index in [1.54, 1.807) is 19.5 Å². The fraction of sp³-hybridized carbons (Fsp3) is 0.733. The van der Waals surface area contributed by atoms with Gasteiger partial charge in [0.25, 0.3) is 0 Å². The number of methoxy groups -OCH3 is 1. The number of rotatable bonds is 4. The lowest BCUT2D eigenvalue weighted by Crippen LogP contribution is -2.57. The summed E-state index contributed by atoms with van der Waals surface area (Å²) in [7, 11) is 1.62. The summed E-state index contributed by atoms with van der Waals surface area (Å²) in [6.07, 6.45) is 7.98. The second kappa shape index (κ2) is 6.25. The Morgan fingerprint density at radius 3 is 2.57 bits per heavy atom. The first-order chi connectivity index (χ1) is 10.3. The summed E-state index contributed by atoms with van der Waals surface area (Å²) in [5, 5.41) is 0. The predicted octanol–water partition coefficient (Wildman–Crippen LogP) is 1.13. The minimum absolute atomic E-state index is 0.0346. The average molecular weight is 292 g/mol. The van der Waals surface area contributed by atoms with Crippen molar-refractivity contribution in [1.82, 2.24) is 14.9 Å². The highest BCUT2D eigenvalue weighted by Crippen LogP contribution is 2.44. The molecule has 0 bridgehead atoms. The maximum Gasteiger partial charge on any atom is 0.237 e. The summed E-state index contributed by atoms with van der Waals surface area (Å²) in [6.45, 7) is 3.45. The fourth-order valence-electron chi connectivity index (χ4n) is 3.78. The van der Waals surface area contributed by atoms with Crippen LogP contribution < -0.4 is 10.5 Å². The van der Waals surface area contributed by atoms with Crippen molar-refractivity contribution < 1.29 is 9.47 Å². The van der Waals surface area contributed by atoms with Gasteiger partial charge in [0.2, 0.25) is 5.88 Å². The molecular formula is C15H24N4O2. The number of morpholine rings is 1. The molecule has 2 N–H and O–H groups in total. The Bertz CT molecular complexity index is 470. The van der Waals surface area contributed by atoms with Gasteiger partial charge in [-0.3, -0.25) is 9.88 Å². The van der Waals surface area contributed by atoms with Crippen LogP contribution in [0.4, 0.5) is 0 Å². The van der Waals surface area contributed by atoms with Crippen LogP contribution in [0.25, 0.3) is 0 Å². The molecule has 0 radical (unpaired) electrons. The molecule has 1 atom stereocenters. The van der Waals surface area contributed by atoms with Crippen LogP contribution >= 0.6 is 0 Å². The van der Waals surface area contributed by atoms with Gasteiger partial charge in [0, 0.05) is 31.0 Å². The summed E-state index contributed by atoms with van der Waals surface area (Å²) in [4.78, 5) is 11.2. The van der Waals surface area contributed by atoms with Crippen molar-refractivity contribution in [2.24, 2.45) is 5.73 Å². The molecule has 3 rings (SSSR count). The van der Waals surface area contributed by atoms with Gasteiger partial charge in [-0.2, -0.15) is 0 Å². The zero-order chi connectivity index (χ0) is 14.7. The zero-order valence-corrected chi connectivity index (χ0v) is 12.6. The number of hydrogen-bond donors (Lipinski definition) is 1. The Morgan fingerprint density at radius 2 is 1.90 bits per heavy atom. The molecular weight excluding hydrogens is 268 g/mol. The maximum absolute atomic E-state index is 6.68. The Hall–Kier alpha value is -1.24. The summed E-state index contributed by atoms with van der Waals surface area (Å²) >= 11 is 0. The van der Waals surface area contributed by atoms with Crippen LogP contribution in [0.5, 0.6) is 5.88 Å². The first kappa shape index (κ1) is 14.7. The van der Waals surface area contributed by atoms with E-state index in [0.717, 1.165) is 44.8 Å². The van der Waals surface area contributed by atoms with Crippen molar-refractivity contribution in [3.05, 3.63) is 18.1 Å². The van der Waals surface area contributed by atoms with Crippen LogP contribution in [0.1, 0.15) is 37.4 Å². The van der Waals surface area contributed by atoms with Gasteiger partial charge < -0.3 is 15.2 Å². The van der Waals surface area contributed by atoms with Gasteiger partial charge >= 0.3 is 0 Å². The van der Waals surface area contributed by atoms with Gasteiger partial charge in [0.05, 0.1) is 26.4 Å². The second-order valence-electron chi connectivity index (χ2n) is 5.84. The van der Waals surface area contributed by atoms with Crippen LogP contribution in [-0.2, 0) is 4.74 Å². The molecule has 0 aromatic carbocycles. The van der Waals surface area contributed by atoms with Crippen molar-refractivity contribution in [2.45, 2.75) is 37.3 Å². The molecule has 1 saturated heterocycles. The molecule has 1 aliphatic carbocycles. The molecule has 1 aliphatic heterocycles. The fourth-order valence-corrected chi connectivity index (χ4v) is 3.78. The molecule has 1 unspecified atom stereocenters. The number of nitrogens with two attached hydrogens (primary N) is 1. The Morgan fingerprint density at radius 1 is 1.24 bits per heavy atom. The Balaban J connectivity index is 1.92. The lowest BCUT2D eigenvalue weighted by molar-refractivity contribution is -0.0319. The zero-order valence-electron chi connectivity index (χ0n) is 12.6. The Labute approximate surface area is 125 Å². The predicted molar refractivity (Wildman–Crippen MR) is 79.1 cm³/mol. The lowest BCUT2D eigenvalue weighted by atomic mass is 9.84. The quantitative estimate of drug-likeness (QED) is 0.897. The van der Waals surface area contributed by atoms with E-state index in [4.69, 9.17) is 15.2 Å². The van der Waals surface area contributed by atoms with Crippen LogP contribution in [0, 0.1) is 0 Å². The average Bonchev–Trinajstić information content (AvgIpc) is 3.06.